The summed E-state index contributed by atoms with van der Waals surface area (Å²) in [6, 6.07) is 1.34. The highest BCUT2D eigenvalue weighted by atomic mass is 15.3. The molecule has 1 aliphatic heterocycles. The zero-order chi connectivity index (χ0) is 15.0. The van der Waals surface area contributed by atoms with Gasteiger partial charge in [0, 0.05) is 50.7 Å². The van der Waals surface area contributed by atoms with E-state index in [0.717, 1.165) is 31.4 Å². The summed E-state index contributed by atoms with van der Waals surface area (Å²) in [6.07, 6.45) is 6.85. The molecule has 2 fully saturated rings. The van der Waals surface area contributed by atoms with Crippen molar-refractivity contribution in [3.05, 3.63) is 18.2 Å². The van der Waals surface area contributed by atoms with Crippen LogP contribution in [0, 0.1) is 18.3 Å². The largest absolute Gasteiger partial charge is 0.334 e. The number of imidazole rings is 1. The molecule has 0 bridgehead atoms. The van der Waals surface area contributed by atoms with Crippen LogP contribution in [0.4, 0.5) is 0 Å². The van der Waals surface area contributed by atoms with E-state index in [2.05, 4.69) is 53.7 Å². The number of hydrogen-bond donors (Lipinski definition) is 1. The van der Waals surface area contributed by atoms with Gasteiger partial charge in [0.15, 0.2) is 0 Å². The number of rotatable bonds is 4. The van der Waals surface area contributed by atoms with Crippen molar-refractivity contribution in [2.24, 2.45) is 11.3 Å². The topological polar surface area (TPSA) is 33.1 Å². The molecule has 118 valence electrons. The predicted octanol–water partition coefficient (Wildman–Crippen LogP) is 2.29. The number of aromatic nitrogens is 2. The summed E-state index contributed by atoms with van der Waals surface area (Å²) in [5, 5.41) is 3.81. The van der Waals surface area contributed by atoms with E-state index in [4.69, 9.17) is 0 Å². The second-order valence-electron chi connectivity index (χ2n) is 7.90. The van der Waals surface area contributed by atoms with Gasteiger partial charge in [-0.15, -0.1) is 0 Å². The molecule has 1 aromatic heterocycles. The van der Waals surface area contributed by atoms with Crippen molar-refractivity contribution >= 4 is 0 Å². The number of hydrogen-bond acceptors (Lipinski definition) is 3. The van der Waals surface area contributed by atoms with E-state index in [1.54, 1.807) is 0 Å². The van der Waals surface area contributed by atoms with Crippen LogP contribution in [-0.2, 0) is 6.54 Å². The van der Waals surface area contributed by atoms with Gasteiger partial charge < -0.3 is 9.88 Å². The van der Waals surface area contributed by atoms with E-state index in [9.17, 15) is 0 Å². The molecule has 21 heavy (non-hydrogen) atoms. The second-order valence-corrected chi connectivity index (χ2v) is 7.90. The van der Waals surface area contributed by atoms with E-state index in [1.165, 1.54) is 19.4 Å². The third-order valence-electron chi connectivity index (χ3n) is 5.19. The van der Waals surface area contributed by atoms with E-state index >= 15 is 0 Å². The Labute approximate surface area is 128 Å². The lowest BCUT2D eigenvalue weighted by Gasteiger charge is -2.46. The smallest absolute Gasteiger partial charge is 0.105 e. The van der Waals surface area contributed by atoms with Gasteiger partial charge in [0.2, 0.25) is 0 Å². The summed E-state index contributed by atoms with van der Waals surface area (Å²) in [5.74, 6) is 2.06. The Morgan fingerprint density at radius 2 is 2.05 bits per heavy atom. The van der Waals surface area contributed by atoms with Gasteiger partial charge in [0.1, 0.15) is 5.82 Å². The van der Waals surface area contributed by atoms with Gasteiger partial charge in [0.25, 0.3) is 0 Å². The first-order chi connectivity index (χ1) is 9.95. The number of aryl methyl sites for hydroxylation is 1. The summed E-state index contributed by atoms with van der Waals surface area (Å²) in [4.78, 5) is 7.05. The van der Waals surface area contributed by atoms with Gasteiger partial charge in [-0.05, 0) is 31.1 Å². The molecule has 4 nitrogen and oxygen atoms in total. The van der Waals surface area contributed by atoms with E-state index in [-0.39, 0.29) is 0 Å². The first-order valence-electron chi connectivity index (χ1n) is 8.40. The molecule has 3 rings (SSSR count). The van der Waals surface area contributed by atoms with Crippen molar-refractivity contribution in [1.29, 1.82) is 0 Å². The minimum absolute atomic E-state index is 0.325. The van der Waals surface area contributed by atoms with Crippen molar-refractivity contribution in [3.8, 4) is 0 Å². The van der Waals surface area contributed by atoms with Gasteiger partial charge in [-0.25, -0.2) is 4.98 Å². The fourth-order valence-electron chi connectivity index (χ4n) is 3.63. The molecule has 1 aromatic rings. The van der Waals surface area contributed by atoms with Crippen molar-refractivity contribution < 1.29 is 0 Å². The molecule has 1 aliphatic carbocycles. The summed E-state index contributed by atoms with van der Waals surface area (Å²) < 4.78 is 2.27. The fourth-order valence-corrected chi connectivity index (χ4v) is 3.63. The van der Waals surface area contributed by atoms with Crippen LogP contribution in [0.3, 0.4) is 0 Å². The lowest BCUT2D eigenvalue weighted by molar-refractivity contribution is 0.0484. The quantitative estimate of drug-likeness (QED) is 0.923. The van der Waals surface area contributed by atoms with Crippen LogP contribution in [0.2, 0.25) is 0 Å². The molecule has 1 N–H and O–H groups in total. The molecule has 4 heteroatoms. The Bertz CT molecular complexity index is 469. The Hall–Kier alpha value is -0.870. The number of nitrogens with one attached hydrogen (secondary N) is 1. The summed E-state index contributed by atoms with van der Waals surface area (Å²) in [5.41, 5.74) is 0.325. The lowest BCUT2D eigenvalue weighted by Crippen LogP contribution is -2.61. The standard InChI is InChI=1S/C17H30N4/c1-13-18-7-8-20(13)9-10-21-12-15(14-5-6-14)19-11-16(21)17(2,3)4/h7-8,14-16,19H,5-6,9-12H2,1-4H3. The SMILES string of the molecule is Cc1nccn1CCN1CC(C2CC2)NCC1C(C)(C)C. The average molecular weight is 290 g/mol. The molecule has 0 amide bonds. The molecule has 1 saturated carbocycles. The Morgan fingerprint density at radius 1 is 1.29 bits per heavy atom. The highest BCUT2D eigenvalue weighted by molar-refractivity contribution is 4.98. The fraction of sp³-hybridized carbons (Fsp3) is 0.824. The highest BCUT2D eigenvalue weighted by Crippen LogP contribution is 2.36. The van der Waals surface area contributed by atoms with Gasteiger partial charge in [-0.2, -0.15) is 0 Å². The molecule has 1 saturated heterocycles. The predicted molar refractivity (Wildman–Crippen MR) is 86.3 cm³/mol. The molecule has 2 unspecified atom stereocenters. The third kappa shape index (κ3) is 3.49. The second kappa shape index (κ2) is 5.73. The molecule has 2 aliphatic rings. The van der Waals surface area contributed by atoms with Crippen LogP contribution >= 0.6 is 0 Å². The van der Waals surface area contributed by atoms with Crippen LogP contribution in [0.5, 0.6) is 0 Å². The summed E-state index contributed by atoms with van der Waals surface area (Å²) in [7, 11) is 0. The molecule has 0 aromatic carbocycles. The van der Waals surface area contributed by atoms with Gasteiger partial charge in [-0.3, -0.25) is 4.90 Å². The minimum atomic E-state index is 0.325. The van der Waals surface area contributed by atoms with Crippen LogP contribution in [0.25, 0.3) is 0 Å². The molecule has 0 spiro atoms. The average Bonchev–Trinajstić information content (AvgIpc) is 3.19. The highest BCUT2D eigenvalue weighted by Gasteiger charge is 2.40. The molecule has 0 radical (unpaired) electrons. The zero-order valence-corrected chi connectivity index (χ0v) is 14.0. The van der Waals surface area contributed by atoms with Crippen LogP contribution in [0.1, 0.15) is 39.4 Å². The minimum Gasteiger partial charge on any atom is -0.334 e. The molecule has 2 heterocycles. The third-order valence-corrected chi connectivity index (χ3v) is 5.19. The van der Waals surface area contributed by atoms with Crippen LogP contribution in [0.15, 0.2) is 12.4 Å². The van der Waals surface area contributed by atoms with Gasteiger partial charge in [0.05, 0.1) is 0 Å². The maximum atomic E-state index is 4.33. The van der Waals surface area contributed by atoms with Crippen LogP contribution in [-0.4, -0.2) is 46.2 Å². The summed E-state index contributed by atoms with van der Waals surface area (Å²) in [6.45, 7) is 13.7. The monoisotopic (exact) mass is 290 g/mol. The normalized spacial score (nSPS) is 28.0. The first kappa shape index (κ1) is 15.0. The maximum absolute atomic E-state index is 4.33. The molecular formula is C17H30N4. The molecule has 2 atom stereocenters. The lowest BCUT2D eigenvalue weighted by atomic mass is 9.83. The van der Waals surface area contributed by atoms with Crippen molar-refractivity contribution in [1.82, 2.24) is 19.8 Å². The van der Waals surface area contributed by atoms with E-state index < -0.39 is 0 Å². The maximum Gasteiger partial charge on any atom is 0.105 e. The van der Waals surface area contributed by atoms with Gasteiger partial charge in [-0.1, -0.05) is 20.8 Å². The Balaban J connectivity index is 1.65. The summed E-state index contributed by atoms with van der Waals surface area (Å²) >= 11 is 0. The van der Waals surface area contributed by atoms with E-state index in [0.29, 0.717) is 17.5 Å². The number of nitrogens with zero attached hydrogens (tertiary/aromatic N) is 3. The Morgan fingerprint density at radius 3 is 2.62 bits per heavy atom. The molecular weight excluding hydrogens is 260 g/mol. The van der Waals surface area contributed by atoms with Crippen LogP contribution < -0.4 is 5.32 Å². The number of piperazine rings is 1. The van der Waals surface area contributed by atoms with Crippen molar-refractivity contribution in [2.45, 2.75) is 59.2 Å². The van der Waals surface area contributed by atoms with Crippen molar-refractivity contribution in [2.75, 3.05) is 19.6 Å². The van der Waals surface area contributed by atoms with Crippen molar-refractivity contribution in [3.63, 3.8) is 0 Å². The first-order valence-corrected chi connectivity index (χ1v) is 8.40. The van der Waals surface area contributed by atoms with E-state index in [1.807, 2.05) is 6.20 Å². The van der Waals surface area contributed by atoms with Gasteiger partial charge >= 0.3 is 0 Å². The zero-order valence-electron chi connectivity index (χ0n) is 14.0. The Kier molecular flexibility index (Phi) is 4.10.